The Bertz CT molecular complexity index is 2500. The van der Waals surface area contributed by atoms with Gasteiger partial charge in [-0.3, -0.25) is 0 Å². The molecule has 48 heavy (non-hydrogen) atoms. The number of hydrogen-bond donors (Lipinski definition) is 0. The zero-order chi connectivity index (χ0) is 32.5. The van der Waals surface area contributed by atoms with Gasteiger partial charge in [-0.1, -0.05) is 85.0 Å². The lowest BCUT2D eigenvalue weighted by Crippen LogP contribution is -2.00. The van der Waals surface area contributed by atoms with Gasteiger partial charge in [-0.05, 0) is 78.1 Å². The van der Waals surface area contributed by atoms with Gasteiger partial charge in [0.15, 0.2) is 0 Å². The van der Waals surface area contributed by atoms with Crippen LogP contribution >= 0.6 is 0 Å². The van der Waals surface area contributed by atoms with Gasteiger partial charge in [0.2, 0.25) is 0 Å². The molecule has 0 bridgehead atoms. The van der Waals surface area contributed by atoms with Crippen molar-refractivity contribution >= 4 is 27.6 Å². The maximum absolute atomic E-state index is 9.34. The van der Waals surface area contributed by atoms with Gasteiger partial charge >= 0.3 is 0 Å². The molecule has 0 unspecified atom stereocenters. The van der Waals surface area contributed by atoms with Crippen LogP contribution in [0.25, 0.3) is 72.5 Å². The molecule has 1 aliphatic rings. The minimum absolute atomic E-state index is 0.596. The normalized spacial score (nSPS) is 12.4. The van der Waals surface area contributed by atoms with Crippen molar-refractivity contribution in [1.82, 2.24) is 19.9 Å². The molecule has 0 N–H and O–H groups in total. The Balaban J connectivity index is 1.25. The summed E-state index contributed by atoms with van der Waals surface area (Å²) in [5.74, 6) is 0. The van der Waals surface area contributed by atoms with E-state index in [2.05, 4.69) is 54.6 Å². The molecular formula is C42H26N6. The second-order valence-electron chi connectivity index (χ2n) is 11.6. The summed E-state index contributed by atoms with van der Waals surface area (Å²) in [6.07, 6.45) is 8.46. The summed E-state index contributed by atoms with van der Waals surface area (Å²) in [5, 5.41) is 18.6. The maximum Gasteiger partial charge on any atom is 0.0991 e. The Morgan fingerprint density at radius 2 is 0.896 bits per heavy atom. The molecule has 6 nitrogen and oxygen atoms in total. The largest absolute Gasteiger partial charge is 0.244 e. The standard InChI is InChI=1S/C42H26N6/c43-25-27-11-15-31(16-12-27)41-40(30-9-5-2-6-10-30)47-37-23-33(20-22-36(37)46-41)34-19-21-35-38(24-34)48-42(32-17-13-28(26-44)14-18-32)39(45-35)29-7-3-1-4-8-29/h1,3-5,7-24H,2,6H2. The second kappa shape index (κ2) is 12.2. The third-order valence-electron chi connectivity index (χ3n) is 8.55. The van der Waals surface area contributed by atoms with Crippen LogP contribution in [0.2, 0.25) is 0 Å². The minimum Gasteiger partial charge on any atom is -0.244 e. The first-order chi connectivity index (χ1) is 23.7. The van der Waals surface area contributed by atoms with Crippen molar-refractivity contribution in [2.75, 3.05) is 0 Å². The fourth-order valence-corrected chi connectivity index (χ4v) is 6.06. The molecule has 0 fully saturated rings. The zero-order valence-electron chi connectivity index (χ0n) is 25.8. The fraction of sp³-hybridized carbons (Fsp3) is 0.0476. The third kappa shape index (κ3) is 5.38. The molecular weight excluding hydrogens is 589 g/mol. The molecule has 0 saturated carbocycles. The molecule has 0 radical (unpaired) electrons. The molecule has 0 atom stereocenters. The van der Waals surface area contributed by atoms with Crippen LogP contribution in [-0.2, 0) is 0 Å². The van der Waals surface area contributed by atoms with Gasteiger partial charge < -0.3 is 0 Å². The van der Waals surface area contributed by atoms with Gasteiger partial charge in [0.1, 0.15) is 0 Å². The number of benzene rings is 5. The van der Waals surface area contributed by atoms with E-state index in [4.69, 9.17) is 19.9 Å². The second-order valence-corrected chi connectivity index (χ2v) is 11.6. The quantitative estimate of drug-likeness (QED) is 0.191. The van der Waals surface area contributed by atoms with E-state index in [1.807, 2.05) is 91.0 Å². The number of allylic oxidation sites excluding steroid dienone is 4. The number of aromatic nitrogens is 4. The van der Waals surface area contributed by atoms with Gasteiger partial charge in [-0.25, -0.2) is 19.9 Å². The Kier molecular flexibility index (Phi) is 7.30. The lowest BCUT2D eigenvalue weighted by molar-refractivity contribution is 1.04. The Morgan fingerprint density at radius 3 is 1.40 bits per heavy atom. The molecule has 0 spiro atoms. The van der Waals surface area contributed by atoms with Crippen LogP contribution in [0.4, 0.5) is 0 Å². The number of rotatable bonds is 5. The van der Waals surface area contributed by atoms with E-state index in [0.29, 0.717) is 11.1 Å². The summed E-state index contributed by atoms with van der Waals surface area (Å²) in [6.45, 7) is 0. The predicted octanol–water partition coefficient (Wildman–Crippen LogP) is 9.72. The summed E-state index contributed by atoms with van der Waals surface area (Å²) in [6, 6.07) is 41.7. The monoisotopic (exact) mass is 614 g/mol. The van der Waals surface area contributed by atoms with Gasteiger partial charge in [0.25, 0.3) is 0 Å². The SMILES string of the molecule is N#Cc1ccc(-c2nc3ccc(-c4ccc5nc(-c6ccccc6)c(-c6ccc(C#N)cc6)nc5c4)cc3nc2C2=CCCC=C2)cc1. The minimum atomic E-state index is 0.596. The van der Waals surface area contributed by atoms with Crippen molar-refractivity contribution in [1.29, 1.82) is 10.5 Å². The first kappa shape index (κ1) is 28.7. The number of nitriles is 2. The fourth-order valence-electron chi connectivity index (χ4n) is 6.06. The van der Waals surface area contributed by atoms with Crippen LogP contribution in [-0.4, -0.2) is 19.9 Å². The first-order valence-electron chi connectivity index (χ1n) is 15.7. The van der Waals surface area contributed by atoms with Crippen molar-refractivity contribution in [2.45, 2.75) is 12.8 Å². The molecule has 2 aromatic heterocycles. The molecule has 5 aromatic carbocycles. The van der Waals surface area contributed by atoms with E-state index in [1.54, 1.807) is 0 Å². The average molecular weight is 615 g/mol. The predicted molar refractivity (Wildman–Crippen MR) is 190 cm³/mol. The maximum atomic E-state index is 9.34. The average Bonchev–Trinajstić information content (AvgIpc) is 3.17. The van der Waals surface area contributed by atoms with Crippen molar-refractivity contribution in [3.05, 3.63) is 150 Å². The van der Waals surface area contributed by atoms with Crippen molar-refractivity contribution in [3.63, 3.8) is 0 Å². The van der Waals surface area contributed by atoms with Crippen molar-refractivity contribution < 1.29 is 0 Å². The van der Waals surface area contributed by atoms with Gasteiger partial charge in [0.05, 0.1) is 68.1 Å². The highest BCUT2D eigenvalue weighted by atomic mass is 14.8. The molecule has 2 heterocycles. The summed E-state index contributed by atoms with van der Waals surface area (Å²) < 4.78 is 0. The van der Waals surface area contributed by atoms with E-state index < -0.39 is 0 Å². The lowest BCUT2D eigenvalue weighted by atomic mass is 9.98. The lowest BCUT2D eigenvalue weighted by Gasteiger charge is -2.14. The molecule has 0 aliphatic heterocycles. The van der Waals surface area contributed by atoms with E-state index >= 15 is 0 Å². The van der Waals surface area contributed by atoms with Crippen LogP contribution in [0, 0.1) is 22.7 Å². The number of nitrogens with zero attached hydrogens (tertiary/aromatic N) is 6. The van der Waals surface area contributed by atoms with Crippen LogP contribution in [0.15, 0.2) is 133 Å². The molecule has 6 heteroatoms. The third-order valence-corrected chi connectivity index (χ3v) is 8.55. The molecule has 0 saturated heterocycles. The topological polar surface area (TPSA) is 99.1 Å². The smallest absolute Gasteiger partial charge is 0.0991 e. The molecule has 1 aliphatic carbocycles. The van der Waals surface area contributed by atoms with Gasteiger partial charge in [-0.15, -0.1) is 0 Å². The summed E-state index contributed by atoms with van der Waals surface area (Å²) in [5.41, 5.74) is 13.3. The van der Waals surface area contributed by atoms with Crippen molar-refractivity contribution in [3.8, 4) is 57.0 Å². The Hall–Kier alpha value is -6.76. The van der Waals surface area contributed by atoms with Crippen molar-refractivity contribution in [2.24, 2.45) is 0 Å². The van der Waals surface area contributed by atoms with E-state index in [9.17, 15) is 10.5 Å². The van der Waals surface area contributed by atoms with Crippen LogP contribution < -0.4 is 0 Å². The van der Waals surface area contributed by atoms with Crippen LogP contribution in [0.5, 0.6) is 0 Å². The summed E-state index contributed by atoms with van der Waals surface area (Å²) in [7, 11) is 0. The Labute approximate surface area is 277 Å². The van der Waals surface area contributed by atoms with Crippen LogP contribution in [0.3, 0.4) is 0 Å². The highest BCUT2D eigenvalue weighted by Gasteiger charge is 2.17. The van der Waals surface area contributed by atoms with Gasteiger partial charge in [0, 0.05) is 16.7 Å². The number of fused-ring (bicyclic) bond motifs is 2. The molecule has 0 amide bonds. The highest BCUT2D eigenvalue weighted by Crippen LogP contribution is 2.35. The molecule has 7 aromatic rings. The van der Waals surface area contributed by atoms with E-state index in [0.717, 1.165) is 91.1 Å². The number of hydrogen-bond acceptors (Lipinski definition) is 6. The molecule has 8 rings (SSSR count). The first-order valence-corrected chi connectivity index (χ1v) is 15.7. The van der Waals surface area contributed by atoms with Gasteiger partial charge in [-0.2, -0.15) is 10.5 Å². The molecule has 224 valence electrons. The highest BCUT2D eigenvalue weighted by molar-refractivity contribution is 5.92. The van der Waals surface area contributed by atoms with E-state index in [1.165, 1.54) is 0 Å². The zero-order valence-corrected chi connectivity index (χ0v) is 25.8. The summed E-state index contributed by atoms with van der Waals surface area (Å²) in [4.78, 5) is 20.5. The van der Waals surface area contributed by atoms with E-state index in [-0.39, 0.29) is 0 Å². The summed E-state index contributed by atoms with van der Waals surface area (Å²) >= 11 is 0. The Morgan fingerprint density at radius 1 is 0.438 bits per heavy atom. The van der Waals surface area contributed by atoms with Crippen LogP contribution in [0.1, 0.15) is 29.7 Å².